The highest BCUT2D eigenvalue weighted by atomic mass is 35.5. The van der Waals surface area contributed by atoms with E-state index in [-0.39, 0.29) is 35.5 Å². The van der Waals surface area contributed by atoms with E-state index in [0.29, 0.717) is 0 Å². The number of carbonyl (C=O) groups is 2. The van der Waals surface area contributed by atoms with E-state index in [9.17, 15) is 19.7 Å². The van der Waals surface area contributed by atoms with Crippen LogP contribution in [0.1, 0.15) is 12.8 Å². The average Bonchev–Trinajstić information content (AvgIpc) is 3.05. The fourth-order valence-electron chi connectivity index (χ4n) is 2.17. The van der Waals surface area contributed by atoms with Crippen LogP contribution in [-0.4, -0.2) is 47.9 Å². The lowest BCUT2D eigenvalue weighted by molar-refractivity contribution is -0.384. The number of ether oxygens (including phenoxy) is 1. The van der Waals surface area contributed by atoms with Crippen molar-refractivity contribution >= 4 is 29.1 Å². The molecule has 1 aliphatic heterocycles. The summed E-state index contributed by atoms with van der Waals surface area (Å²) in [5.41, 5.74) is -0.164. The Morgan fingerprint density at radius 2 is 2.04 bits per heavy atom. The maximum atomic E-state index is 11.8. The molecule has 8 nitrogen and oxygen atoms in total. The SMILES string of the molecule is O=C(COc1ccc([N+](=O)[O-])cc1Cl)NCC(=O)N1CCCC1. The quantitative estimate of drug-likeness (QED) is 0.622. The molecule has 0 aliphatic carbocycles. The smallest absolute Gasteiger partial charge is 0.271 e. The Morgan fingerprint density at radius 1 is 1.35 bits per heavy atom. The summed E-state index contributed by atoms with van der Waals surface area (Å²) >= 11 is 5.85. The summed E-state index contributed by atoms with van der Waals surface area (Å²) in [4.78, 5) is 35.1. The van der Waals surface area contributed by atoms with Crippen LogP contribution in [-0.2, 0) is 9.59 Å². The Kier molecular flexibility index (Phi) is 5.75. The van der Waals surface area contributed by atoms with Crippen LogP contribution >= 0.6 is 11.6 Å². The summed E-state index contributed by atoms with van der Waals surface area (Å²) in [6.07, 6.45) is 1.98. The molecular weight excluding hydrogens is 326 g/mol. The lowest BCUT2D eigenvalue weighted by Gasteiger charge is -2.15. The Morgan fingerprint density at radius 3 is 2.65 bits per heavy atom. The van der Waals surface area contributed by atoms with Crippen LogP contribution < -0.4 is 10.1 Å². The molecule has 2 amide bonds. The number of likely N-dealkylation sites (tertiary alicyclic amines) is 1. The van der Waals surface area contributed by atoms with Gasteiger partial charge in [-0.25, -0.2) is 0 Å². The standard InChI is InChI=1S/C14H16ClN3O5/c15-11-7-10(18(21)22)3-4-12(11)23-9-13(19)16-8-14(20)17-5-1-2-6-17/h3-4,7H,1-2,5-6,8-9H2,(H,16,19). The molecule has 0 spiro atoms. The summed E-state index contributed by atoms with van der Waals surface area (Å²) in [6.45, 7) is 1.05. The highest BCUT2D eigenvalue weighted by molar-refractivity contribution is 6.32. The van der Waals surface area contributed by atoms with E-state index in [1.165, 1.54) is 12.1 Å². The highest BCUT2D eigenvalue weighted by Crippen LogP contribution is 2.28. The molecule has 1 fully saturated rings. The van der Waals surface area contributed by atoms with Gasteiger partial charge in [0, 0.05) is 25.2 Å². The molecule has 0 saturated carbocycles. The number of nitrogens with one attached hydrogen (secondary N) is 1. The first-order valence-corrected chi connectivity index (χ1v) is 7.46. The average molecular weight is 342 g/mol. The summed E-state index contributed by atoms with van der Waals surface area (Å²) < 4.78 is 5.20. The van der Waals surface area contributed by atoms with Crippen LogP contribution in [0.4, 0.5) is 5.69 Å². The Hall–Kier alpha value is -2.35. The Balaban J connectivity index is 1.77. The van der Waals surface area contributed by atoms with Crippen molar-refractivity contribution in [2.75, 3.05) is 26.2 Å². The van der Waals surface area contributed by atoms with E-state index in [2.05, 4.69) is 5.32 Å². The number of carbonyl (C=O) groups excluding carboxylic acids is 2. The molecule has 1 aromatic carbocycles. The number of benzene rings is 1. The number of rotatable bonds is 6. The van der Waals surface area contributed by atoms with E-state index in [1.807, 2.05) is 0 Å². The van der Waals surface area contributed by atoms with Crippen molar-refractivity contribution in [2.45, 2.75) is 12.8 Å². The first kappa shape index (κ1) is 17.0. The third-order valence-electron chi connectivity index (χ3n) is 3.38. The molecule has 1 heterocycles. The molecule has 1 saturated heterocycles. The largest absolute Gasteiger partial charge is 0.482 e. The molecule has 0 atom stereocenters. The van der Waals surface area contributed by atoms with Gasteiger partial charge in [-0.05, 0) is 18.9 Å². The number of nitro benzene ring substituents is 1. The van der Waals surface area contributed by atoms with E-state index in [4.69, 9.17) is 16.3 Å². The number of hydrogen-bond acceptors (Lipinski definition) is 5. The van der Waals surface area contributed by atoms with Gasteiger partial charge in [-0.3, -0.25) is 19.7 Å². The minimum atomic E-state index is -0.577. The van der Waals surface area contributed by atoms with Gasteiger partial charge in [-0.1, -0.05) is 11.6 Å². The zero-order valence-corrected chi connectivity index (χ0v) is 13.0. The highest BCUT2D eigenvalue weighted by Gasteiger charge is 2.18. The van der Waals surface area contributed by atoms with Gasteiger partial charge in [0.1, 0.15) is 5.75 Å². The lowest BCUT2D eigenvalue weighted by atomic mass is 10.3. The van der Waals surface area contributed by atoms with E-state index >= 15 is 0 Å². The number of nitrogens with zero attached hydrogens (tertiary/aromatic N) is 2. The monoisotopic (exact) mass is 341 g/mol. The summed E-state index contributed by atoms with van der Waals surface area (Å²) in [7, 11) is 0. The normalized spacial score (nSPS) is 13.7. The molecule has 0 unspecified atom stereocenters. The second-order valence-corrected chi connectivity index (χ2v) is 5.43. The topological polar surface area (TPSA) is 102 Å². The van der Waals surface area contributed by atoms with Gasteiger partial charge in [0.05, 0.1) is 16.5 Å². The van der Waals surface area contributed by atoms with Crippen molar-refractivity contribution in [3.05, 3.63) is 33.3 Å². The number of hydrogen-bond donors (Lipinski definition) is 1. The van der Waals surface area contributed by atoms with Gasteiger partial charge < -0.3 is 15.0 Å². The van der Waals surface area contributed by atoms with Gasteiger partial charge in [-0.15, -0.1) is 0 Å². The van der Waals surface area contributed by atoms with Gasteiger partial charge in [0.25, 0.3) is 11.6 Å². The molecule has 2 rings (SSSR count). The Bertz CT molecular complexity index is 616. The van der Waals surface area contributed by atoms with E-state index in [1.54, 1.807) is 4.90 Å². The predicted molar refractivity (Wildman–Crippen MR) is 82.4 cm³/mol. The van der Waals surface area contributed by atoms with E-state index < -0.39 is 10.8 Å². The number of amides is 2. The molecule has 1 N–H and O–H groups in total. The first-order chi connectivity index (χ1) is 11.0. The zero-order chi connectivity index (χ0) is 16.8. The van der Waals surface area contributed by atoms with Crippen LogP contribution in [0.2, 0.25) is 5.02 Å². The second kappa shape index (κ2) is 7.77. The van der Waals surface area contributed by atoms with Crippen LogP contribution in [0, 0.1) is 10.1 Å². The van der Waals surface area contributed by atoms with Crippen molar-refractivity contribution in [1.82, 2.24) is 10.2 Å². The van der Waals surface area contributed by atoms with E-state index in [0.717, 1.165) is 32.0 Å². The molecule has 0 bridgehead atoms. The molecule has 9 heteroatoms. The molecule has 0 radical (unpaired) electrons. The van der Waals surface area contributed by atoms with Gasteiger partial charge in [-0.2, -0.15) is 0 Å². The molecule has 124 valence electrons. The maximum absolute atomic E-state index is 11.8. The number of nitro groups is 1. The van der Waals surface area contributed by atoms with Crippen molar-refractivity contribution in [3.8, 4) is 5.75 Å². The minimum absolute atomic E-state index is 0.0418. The maximum Gasteiger partial charge on any atom is 0.271 e. The minimum Gasteiger partial charge on any atom is -0.482 e. The second-order valence-electron chi connectivity index (χ2n) is 5.03. The fourth-order valence-corrected chi connectivity index (χ4v) is 2.40. The lowest BCUT2D eigenvalue weighted by Crippen LogP contribution is -2.40. The predicted octanol–water partition coefficient (Wildman–Crippen LogP) is 1.37. The third kappa shape index (κ3) is 4.82. The molecule has 1 aromatic rings. The van der Waals surface area contributed by atoms with Gasteiger partial charge in [0.15, 0.2) is 6.61 Å². The van der Waals surface area contributed by atoms with Crippen LogP contribution in [0.5, 0.6) is 5.75 Å². The van der Waals surface area contributed by atoms with Crippen molar-refractivity contribution in [2.24, 2.45) is 0 Å². The van der Waals surface area contributed by atoms with Crippen molar-refractivity contribution < 1.29 is 19.2 Å². The fraction of sp³-hybridized carbons (Fsp3) is 0.429. The zero-order valence-electron chi connectivity index (χ0n) is 12.3. The molecule has 23 heavy (non-hydrogen) atoms. The van der Waals surface area contributed by atoms with Crippen LogP contribution in [0.25, 0.3) is 0 Å². The number of halogens is 1. The van der Waals surface area contributed by atoms with Crippen molar-refractivity contribution in [1.29, 1.82) is 0 Å². The van der Waals surface area contributed by atoms with Gasteiger partial charge >= 0.3 is 0 Å². The number of non-ortho nitro benzene ring substituents is 1. The van der Waals surface area contributed by atoms with Crippen LogP contribution in [0.15, 0.2) is 18.2 Å². The van der Waals surface area contributed by atoms with Gasteiger partial charge in [0.2, 0.25) is 5.91 Å². The third-order valence-corrected chi connectivity index (χ3v) is 3.68. The van der Waals surface area contributed by atoms with Crippen molar-refractivity contribution in [3.63, 3.8) is 0 Å². The van der Waals surface area contributed by atoms with Crippen LogP contribution in [0.3, 0.4) is 0 Å². The molecular formula is C14H16ClN3O5. The first-order valence-electron chi connectivity index (χ1n) is 7.08. The molecule has 1 aliphatic rings. The summed E-state index contributed by atoms with van der Waals surface area (Å²) in [5, 5.41) is 13.1. The molecule has 0 aromatic heterocycles. The summed E-state index contributed by atoms with van der Waals surface area (Å²) in [6, 6.07) is 3.70. The summed E-state index contributed by atoms with van der Waals surface area (Å²) in [5.74, 6) is -0.422. The Labute approximate surface area is 137 Å².